The van der Waals surface area contributed by atoms with E-state index in [2.05, 4.69) is 20.8 Å². The van der Waals surface area contributed by atoms with Gasteiger partial charge in [-0.3, -0.25) is 9.59 Å². The van der Waals surface area contributed by atoms with Gasteiger partial charge in [0.15, 0.2) is 11.0 Å². The highest BCUT2D eigenvalue weighted by molar-refractivity contribution is 7.99. The number of amides is 2. The summed E-state index contributed by atoms with van der Waals surface area (Å²) < 4.78 is 1.81. The molecule has 0 aliphatic rings. The van der Waals surface area contributed by atoms with Crippen molar-refractivity contribution in [1.82, 2.24) is 14.8 Å². The fourth-order valence-corrected chi connectivity index (χ4v) is 3.42. The van der Waals surface area contributed by atoms with Gasteiger partial charge in [0, 0.05) is 30.9 Å². The molecule has 3 rings (SSSR count). The van der Waals surface area contributed by atoms with E-state index >= 15 is 0 Å². The lowest BCUT2D eigenvalue weighted by atomic mass is 10.2. The molecule has 0 aliphatic heterocycles. The quantitative estimate of drug-likeness (QED) is 0.597. The van der Waals surface area contributed by atoms with Gasteiger partial charge in [-0.15, -0.1) is 10.2 Å². The molecule has 7 nitrogen and oxygen atoms in total. The molecule has 2 amide bonds. The highest BCUT2D eigenvalue weighted by atomic mass is 35.5. The van der Waals surface area contributed by atoms with Crippen LogP contribution in [-0.4, -0.2) is 32.3 Å². The monoisotopic (exact) mass is 415 g/mol. The van der Waals surface area contributed by atoms with Gasteiger partial charge >= 0.3 is 0 Å². The van der Waals surface area contributed by atoms with Crippen molar-refractivity contribution < 1.29 is 9.59 Å². The SMILES string of the molecule is CC(=O)Nc1ccc(NC(=O)CSc2nnc(-c3ccccc3Cl)n2C)cc1. The van der Waals surface area contributed by atoms with Gasteiger partial charge in [-0.25, -0.2) is 0 Å². The molecule has 0 fully saturated rings. The van der Waals surface area contributed by atoms with E-state index in [0.29, 0.717) is 27.4 Å². The molecular formula is C19H18ClN5O2S. The number of nitrogens with zero attached hydrogens (tertiary/aromatic N) is 3. The van der Waals surface area contributed by atoms with Crippen LogP contribution in [0.4, 0.5) is 11.4 Å². The molecular weight excluding hydrogens is 398 g/mol. The molecule has 2 N–H and O–H groups in total. The number of halogens is 1. The van der Waals surface area contributed by atoms with Crippen LogP contribution in [0.3, 0.4) is 0 Å². The Hall–Kier alpha value is -2.84. The van der Waals surface area contributed by atoms with Gasteiger partial charge < -0.3 is 15.2 Å². The van der Waals surface area contributed by atoms with Gasteiger partial charge in [0.25, 0.3) is 0 Å². The van der Waals surface area contributed by atoms with Gasteiger partial charge in [0.2, 0.25) is 11.8 Å². The van der Waals surface area contributed by atoms with Crippen LogP contribution in [0, 0.1) is 0 Å². The van der Waals surface area contributed by atoms with Gasteiger partial charge in [-0.1, -0.05) is 35.5 Å². The molecule has 9 heteroatoms. The summed E-state index contributed by atoms with van der Waals surface area (Å²) in [4.78, 5) is 23.2. The molecule has 0 bridgehead atoms. The number of hydrogen-bond donors (Lipinski definition) is 2. The van der Waals surface area contributed by atoms with Crippen LogP contribution < -0.4 is 10.6 Å². The lowest BCUT2D eigenvalue weighted by Crippen LogP contribution is -2.14. The second-order valence-corrected chi connectivity index (χ2v) is 7.29. The smallest absolute Gasteiger partial charge is 0.234 e. The highest BCUT2D eigenvalue weighted by Gasteiger charge is 2.15. The predicted molar refractivity (Wildman–Crippen MR) is 112 cm³/mol. The maximum Gasteiger partial charge on any atom is 0.234 e. The van der Waals surface area contributed by atoms with Crippen LogP contribution in [0.5, 0.6) is 0 Å². The van der Waals surface area contributed by atoms with Gasteiger partial charge in [0.05, 0.1) is 10.8 Å². The summed E-state index contributed by atoms with van der Waals surface area (Å²) in [6.07, 6.45) is 0. The van der Waals surface area contributed by atoms with Crippen LogP contribution >= 0.6 is 23.4 Å². The largest absolute Gasteiger partial charge is 0.326 e. The minimum absolute atomic E-state index is 0.145. The molecule has 0 saturated heterocycles. The van der Waals surface area contributed by atoms with Crippen molar-refractivity contribution in [3.05, 3.63) is 53.6 Å². The topological polar surface area (TPSA) is 88.9 Å². The van der Waals surface area contributed by atoms with Crippen LogP contribution in [-0.2, 0) is 16.6 Å². The maximum absolute atomic E-state index is 12.2. The molecule has 28 heavy (non-hydrogen) atoms. The van der Waals surface area contributed by atoms with E-state index in [-0.39, 0.29) is 17.6 Å². The fraction of sp³-hybridized carbons (Fsp3) is 0.158. The average molecular weight is 416 g/mol. The molecule has 1 heterocycles. The Morgan fingerprint density at radius 2 is 1.68 bits per heavy atom. The Labute approximate surface area is 171 Å². The molecule has 2 aromatic carbocycles. The van der Waals surface area contributed by atoms with E-state index in [1.54, 1.807) is 34.9 Å². The van der Waals surface area contributed by atoms with E-state index in [1.165, 1.54) is 18.7 Å². The molecule has 0 spiro atoms. The summed E-state index contributed by atoms with van der Waals surface area (Å²) in [5, 5.41) is 15.0. The molecule has 0 aliphatic carbocycles. The molecule has 0 radical (unpaired) electrons. The lowest BCUT2D eigenvalue weighted by molar-refractivity contribution is -0.114. The van der Waals surface area contributed by atoms with Crippen LogP contribution in [0.25, 0.3) is 11.4 Å². The standard InChI is InChI=1S/C19H18ClN5O2S/c1-12(26)21-13-7-9-14(10-8-13)22-17(27)11-28-19-24-23-18(25(19)2)15-5-3-4-6-16(15)20/h3-10H,11H2,1-2H3,(H,21,26)(H,22,27). The Bertz CT molecular complexity index is 1000. The first kappa shape index (κ1) is 19.9. The zero-order chi connectivity index (χ0) is 20.1. The summed E-state index contributed by atoms with van der Waals surface area (Å²) >= 11 is 7.51. The van der Waals surface area contributed by atoms with E-state index in [4.69, 9.17) is 11.6 Å². The van der Waals surface area contributed by atoms with E-state index in [1.807, 2.05) is 25.2 Å². The molecule has 144 valence electrons. The third-order valence-corrected chi connectivity index (χ3v) is 5.12. The number of aromatic nitrogens is 3. The summed E-state index contributed by atoms with van der Waals surface area (Å²) in [6.45, 7) is 1.44. The molecule has 3 aromatic rings. The van der Waals surface area contributed by atoms with E-state index in [0.717, 1.165) is 5.56 Å². The third kappa shape index (κ3) is 4.90. The number of carbonyl (C=O) groups excluding carboxylic acids is 2. The first-order valence-corrected chi connectivity index (χ1v) is 9.75. The number of thioether (sulfide) groups is 1. The number of anilines is 2. The lowest BCUT2D eigenvalue weighted by Gasteiger charge is -2.07. The second kappa shape index (κ2) is 8.90. The molecule has 0 unspecified atom stereocenters. The normalized spacial score (nSPS) is 10.5. The van der Waals surface area contributed by atoms with E-state index in [9.17, 15) is 9.59 Å². The number of nitrogens with one attached hydrogen (secondary N) is 2. The summed E-state index contributed by atoms with van der Waals surface area (Å²) in [5.41, 5.74) is 2.11. The van der Waals surface area contributed by atoms with Crippen molar-refractivity contribution in [2.45, 2.75) is 12.1 Å². The van der Waals surface area contributed by atoms with Gasteiger partial charge in [0.1, 0.15) is 0 Å². The number of benzene rings is 2. The summed E-state index contributed by atoms with van der Waals surface area (Å²) in [6, 6.07) is 14.3. The third-order valence-electron chi connectivity index (χ3n) is 3.77. The van der Waals surface area contributed by atoms with Gasteiger partial charge in [-0.2, -0.15) is 0 Å². The highest BCUT2D eigenvalue weighted by Crippen LogP contribution is 2.28. The van der Waals surface area contributed by atoms with E-state index < -0.39 is 0 Å². The van der Waals surface area contributed by atoms with Crippen molar-refractivity contribution in [3.8, 4) is 11.4 Å². The first-order chi connectivity index (χ1) is 13.4. The summed E-state index contributed by atoms with van der Waals surface area (Å²) in [7, 11) is 1.83. The van der Waals surface area contributed by atoms with Crippen LogP contribution in [0.1, 0.15) is 6.92 Å². The van der Waals surface area contributed by atoms with Crippen molar-refractivity contribution in [2.24, 2.45) is 7.05 Å². The Morgan fingerprint density at radius 3 is 2.32 bits per heavy atom. The first-order valence-electron chi connectivity index (χ1n) is 8.38. The second-order valence-electron chi connectivity index (χ2n) is 5.94. The molecule has 0 atom stereocenters. The Kier molecular flexibility index (Phi) is 6.33. The van der Waals surface area contributed by atoms with Crippen LogP contribution in [0.2, 0.25) is 5.02 Å². The van der Waals surface area contributed by atoms with Crippen molar-refractivity contribution in [1.29, 1.82) is 0 Å². The summed E-state index contributed by atoms with van der Waals surface area (Å²) in [5.74, 6) is 0.511. The van der Waals surface area contributed by atoms with Crippen molar-refractivity contribution >= 4 is 46.6 Å². The van der Waals surface area contributed by atoms with Crippen LogP contribution in [0.15, 0.2) is 53.7 Å². The van der Waals surface area contributed by atoms with Crippen molar-refractivity contribution in [3.63, 3.8) is 0 Å². The minimum Gasteiger partial charge on any atom is -0.326 e. The molecule has 0 saturated carbocycles. The zero-order valence-electron chi connectivity index (χ0n) is 15.3. The predicted octanol–water partition coefficient (Wildman–Crippen LogP) is 3.82. The Balaban J connectivity index is 1.59. The minimum atomic E-state index is -0.167. The average Bonchev–Trinajstić information content (AvgIpc) is 3.02. The molecule has 1 aromatic heterocycles. The number of hydrogen-bond acceptors (Lipinski definition) is 5. The van der Waals surface area contributed by atoms with Gasteiger partial charge in [-0.05, 0) is 36.4 Å². The number of rotatable bonds is 6. The number of carbonyl (C=O) groups is 2. The zero-order valence-corrected chi connectivity index (χ0v) is 16.8. The fourth-order valence-electron chi connectivity index (χ4n) is 2.49. The Morgan fingerprint density at radius 1 is 1.04 bits per heavy atom. The van der Waals surface area contributed by atoms with Crippen molar-refractivity contribution in [2.75, 3.05) is 16.4 Å². The maximum atomic E-state index is 12.2.